The third-order valence-corrected chi connectivity index (χ3v) is 2.61. The normalized spacial score (nSPS) is 10.7. The molecule has 2 N–H and O–H groups in total. The van der Waals surface area contributed by atoms with Crippen LogP contribution >= 0.6 is 11.8 Å². The molecule has 5 nitrogen and oxygen atoms in total. The second-order valence-electron chi connectivity index (χ2n) is 2.64. The van der Waals surface area contributed by atoms with Gasteiger partial charge in [0.25, 0.3) is 0 Å². The minimum atomic E-state index is 0.612. The van der Waals surface area contributed by atoms with Gasteiger partial charge in [-0.2, -0.15) is 4.98 Å². The molecule has 0 amide bonds. The molecule has 74 valence electrons. The monoisotopic (exact) mass is 209 g/mol. The Balaban J connectivity index is 2.58. The molecule has 0 aromatic carbocycles. The van der Waals surface area contributed by atoms with Gasteiger partial charge in [-0.1, -0.05) is 6.92 Å². The van der Waals surface area contributed by atoms with Crippen LogP contribution < -0.4 is 5.32 Å². The SMILES string of the molecule is CCSc1nc(NC)nc2nc[nH]c12. The number of rotatable bonds is 3. The molecular formula is C8H11N5S. The van der Waals surface area contributed by atoms with E-state index in [2.05, 4.69) is 32.2 Å². The molecule has 0 aliphatic heterocycles. The molecule has 0 saturated heterocycles. The van der Waals surface area contributed by atoms with E-state index in [1.807, 2.05) is 0 Å². The predicted molar refractivity (Wildman–Crippen MR) is 57.6 cm³/mol. The van der Waals surface area contributed by atoms with Crippen LogP contribution in [0.25, 0.3) is 11.2 Å². The van der Waals surface area contributed by atoms with Crippen LogP contribution in [-0.4, -0.2) is 32.7 Å². The van der Waals surface area contributed by atoms with Gasteiger partial charge >= 0.3 is 0 Å². The molecule has 0 atom stereocenters. The number of H-pyrrole nitrogens is 1. The van der Waals surface area contributed by atoms with Gasteiger partial charge in [-0.15, -0.1) is 11.8 Å². The van der Waals surface area contributed by atoms with Gasteiger partial charge in [0.1, 0.15) is 10.5 Å². The zero-order valence-corrected chi connectivity index (χ0v) is 8.85. The van der Waals surface area contributed by atoms with E-state index in [1.165, 1.54) is 0 Å². The highest BCUT2D eigenvalue weighted by Crippen LogP contribution is 2.23. The lowest BCUT2D eigenvalue weighted by molar-refractivity contribution is 1.08. The van der Waals surface area contributed by atoms with Crippen molar-refractivity contribution in [1.82, 2.24) is 19.9 Å². The fourth-order valence-electron chi connectivity index (χ4n) is 1.16. The maximum atomic E-state index is 4.35. The van der Waals surface area contributed by atoms with Crippen molar-refractivity contribution < 1.29 is 0 Å². The first-order valence-corrected chi connectivity index (χ1v) is 5.35. The summed E-state index contributed by atoms with van der Waals surface area (Å²) >= 11 is 1.68. The molecule has 0 spiro atoms. The molecule has 0 radical (unpaired) electrons. The lowest BCUT2D eigenvalue weighted by Crippen LogP contribution is -1.98. The third-order valence-electron chi connectivity index (χ3n) is 1.76. The average Bonchev–Trinajstić information content (AvgIpc) is 2.66. The lowest BCUT2D eigenvalue weighted by atomic mass is 10.5. The highest BCUT2D eigenvalue weighted by Gasteiger charge is 2.08. The average molecular weight is 209 g/mol. The van der Waals surface area contributed by atoms with Crippen LogP contribution in [0.2, 0.25) is 0 Å². The van der Waals surface area contributed by atoms with Crippen molar-refractivity contribution in [3.63, 3.8) is 0 Å². The fourth-order valence-corrected chi connectivity index (χ4v) is 1.88. The van der Waals surface area contributed by atoms with Gasteiger partial charge in [-0.3, -0.25) is 0 Å². The number of imidazole rings is 1. The number of thioether (sulfide) groups is 1. The summed E-state index contributed by atoms with van der Waals surface area (Å²) in [7, 11) is 1.80. The van der Waals surface area contributed by atoms with Crippen LogP contribution in [0.5, 0.6) is 0 Å². The van der Waals surface area contributed by atoms with Crippen molar-refractivity contribution >= 4 is 28.9 Å². The largest absolute Gasteiger partial charge is 0.357 e. The number of fused-ring (bicyclic) bond motifs is 1. The summed E-state index contributed by atoms with van der Waals surface area (Å²) in [6, 6.07) is 0. The molecule has 2 rings (SSSR count). The van der Waals surface area contributed by atoms with Gasteiger partial charge in [0.15, 0.2) is 5.65 Å². The highest BCUT2D eigenvalue weighted by atomic mass is 32.2. The highest BCUT2D eigenvalue weighted by molar-refractivity contribution is 7.99. The van der Waals surface area contributed by atoms with Gasteiger partial charge in [0, 0.05) is 7.05 Å². The molecule has 0 saturated carbocycles. The summed E-state index contributed by atoms with van der Waals surface area (Å²) in [6.45, 7) is 2.09. The van der Waals surface area contributed by atoms with Crippen molar-refractivity contribution in [1.29, 1.82) is 0 Å². The summed E-state index contributed by atoms with van der Waals surface area (Å²) in [6.07, 6.45) is 1.64. The minimum absolute atomic E-state index is 0.612. The number of nitrogens with zero attached hydrogens (tertiary/aromatic N) is 3. The van der Waals surface area contributed by atoms with Crippen LogP contribution in [0.4, 0.5) is 5.95 Å². The van der Waals surface area contributed by atoms with E-state index in [9.17, 15) is 0 Å². The number of hydrogen-bond donors (Lipinski definition) is 2. The molecule has 0 aliphatic rings. The fraction of sp³-hybridized carbons (Fsp3) is 0.375. The molecular weight excluding hydrogens is 198 g/mol. The Morgan fingerprint density at radius 3 is 3.07 bits per heavy atom. The molecule has 6 heteroatoms. The van der Waals surface area contributed by atoms with E-state index in [4.69, 9.17) is 0 Å². The lowest BCUT2D eigenvalue weighted by Gasteiger charge is -2.02. The third kappa shape index (κ3) is 1.52. The van der Waals surface area contributed by atoms with Crippen LogP contribution in [0.15, 0.2) is 11.4 Å². The summed E-state index contributed by atoms with van der Waals surface area (Å²) in [5.41, 5.74) is 1.62. The number of anilines is 1. The van der Waals surface area contributed by atoms with Crippen LogP contribution in [-0.2, 0) is 0 Å². The molecule has 0 fully saturated rings. The van der Waals surface area contributed by atoms with Crippen LogP contribution in [0, 0.1) is 0 Å². The summed E-state index contributed by atoms with van der Waals surface area (Å²) in [5.74, 6) is 1.59. The molecule has 0 bridgehead atoms. The Labute approximate surface area is 85.7 Å². The van der Waals surface area contributed by atoms with Crippen molar-refractivity contribution in [2.45, 2.75) is 11.9 Å². The molecule has 2 aromatic rings. The zero-order chi connectivity index (χ0) is 9.97. The van der Waals surface area contributed by atoms with Gasteiger partial charge < -0.3 is 10.3 Å². The summed E-state index contributed by atoms with van der Waals surface area (Å²) in [4.78, 5) is 15.7. The first-order chi connectivity index (χ1) is 6.85. The molecule has 2 heterocycles. The number of nitrogens with one attached hydrogen (secondary N) is 2. The van der Waals surface area contributed by atoms with Crippen molar-refractivity contribution in [2.75, 3.05) is 18.1 Å². The maximum absolute atomic E-state index is 4.35. The smallest absolute Gasteiger partial charge is 0.225 e. The minimum Gasteiger partial charge on any atom is -0.357 e. The van der Waals surface area contributed by atoms with Crippen molar-refractivity contribution in [3.8, 4) is 0 Å². The van der Waals surface area contributed by atoms with Crippen molar-refractivity contribution in [2.24, 2.45) is 0 Å². The molecule has 0 unspecified atom stereocenters. The topological polar surface area (TPSA) is 66.5 Å². The summed E-state index contributed by atoms with van der Waals surface area (Å²) < 4.78 is 0. The van der Waals surface area contributed by atoms with Crippen LogP contribution in [0.1, 0.15) is 6.92 Å². The quantitative estimate of drug-likeness (QED) is 0.592. The standard InChI is InChI=1S/C8H11N5S/c1-3-14-7-5-6(11-4-10-5)12-8(9-2)13-7/h4H,3H2,1-2H3,(H2,9,10,11,12,13). The second-order valence-corrected chi connectivity index (χ2v) is 3.89. The van der Waals surface area contributed by atoms with E-state index in [1.54, 1.807) is 25.1 Å². The van der Waals surface area contributed by atoms with E-state index in [0.717, 1.165) is 16.3 Å². The first-order valence-electron chi connectivity index (χ1n) is 4.36. The van der Waals surface area contributed by atoms with E-state index in [0.29, 0.717) is 11.6 Å². The first kappa shape index (κ1) is 9.26. The Hall–Kier alpha value is -1.30. The number of aromatic amines is 1. The van der Waals surface area contributed by atoms with Crippen LogP contribution in [0.3, 0.4) is 0 Å². The molecule has 14 heavy (non-hydrogen) atoms. The van der Waals surface area contributed by atoms with E-state index < -0.39 is 0 Å². The number of hydrogen-bond acceptors (Lipinski definition) is 5. The second kappa shape index (κ2) is 3.83. The van der Waals surface area contributed by atoms with Gasteiger partial charge in [-0.25, -0.2) is 9.97 Å². The maximum Gasteiger partial charge on any atom is 0.225 e. The Morgan fingerprint density at radius 2 is 2.36 bits per heavy atom. The Bertz CT molecular complexity index is 438. The molecule has 0 aliphatic carbocycles. The zero-order valence-electron chi connectivity index (χ0n) is 8.03. The molecule has 2 aromatic heterocycles. The summed E-state index contributed by atoms with van der Waals surface area (Å²) in [5, 5.41) is 3.86. The Morgan fingerprint density at radius 1 is 1.50 bits per heavy atom. The van der Waals surface area contributed by atoms with E-state index >= 15 is 0 Å². The van der Waals surface area contributed by atoms with E-state index in [-0.39, 0.29) is 0 Å². The van der Waals surface area contributed by atoms with Gasteiger partial charge in [0.05, 0.1) is 6.33 Å². The van der Waals surface area contributed by atoms with Crippen molar-refractivity contribution in [3.05, 3.63) is 6.33 Å². The van der Waals surface area contributed by atoms with Gasteiger partial charge in [0.2, 0.25) is 5.95 Å². The predicted octanol–water partition coefficient (Wildman–Crippen LogP) is 1.51. The Kier molecular flexibility index (Phi) is 2.53. The van der Waals surface area contributed by atoms with Gasteiger partial charge in [-0.05, 0) is 5.75 Å². The number of aromatic nitrogens is 4.